The number of rotatable bonds is 32. The van der Waals surface area contributed by atoms with Crippen LogP contribution in [0.2, 0.25) is 10.0 Å². The van der Waals surface area contributed by atoms with Crippen LogP contribution in [0.3, 0.4) is 0 Å². The van der Waals surface area contributed by atoms with Gasteiger partial charge in [-0.1, -0.05) is 71.7 Å². The molecule has 0 saturated carbocycles. The molecule has 0 saturated heterocycles. The van der Waals surface area contributed by atoms with Crippen molar-refractivity contribution in [2.24, 2.45) is 5.73 Å². The van der Waals surface area contributed by atoms with Crippen LogP contribution in [0.4, 0.5) is 0 Å². The van der Waals surface area contributed by atoms with Crippen LogP contribution in [0.15, 0.2) is 122 Å². The molecule has 468 valence electrons. The number of halogens is 2. The molecule has 0 spiro atoms. The minimum absolute atomic E-state index is 0.0860. The molecule has 0 radical (unpaired) electrons. The topological polar surface area (TPSA) is 248 Å². The van der Waals surface area contributed by atoms with E-state index in [1.165, 1.54) is 12.3 Å². The molecule has 0 aliphatic rings. The summed E-state index contributed by atoms with van der Waals surface area (Å²) in [6, 6.07) is 31.9. The monoisotopic (exact) mass is 1240 g/mol. The number of ether oxygens (including phenoxy) is 8. The Morgan fingerprint density at radius 3 is 1.24 bits per heavy atom. The van der Waals surface area contributed by atoms with Gasteiger partial charge in [0.2, 0.25) is 0 Å². The van der Waals surface area contributed by atoms with Gasteiger partial charge in [0.1, 0.15) is 51.5 Å². The zero-order valence-corrected chi connectivity index (χ0v) is 52.5. The molecule has 6 aromatic rings. The number of hydrogen-bond acceptors (Lipinski definition) is 17. The van der Waals surface area contributed by atoms with Crippen molar-refractivity contribution in [3.05, 3.63) is 176 Å². The molecule has 6 rings (SSSR count). The highest BCUT2D eigenvalue weighted by Gasteiger charge is 2.18. The van der Waals surface area contributed by atoms with Gasteiger partial charge in [0, 0.05) is 79.8 Å². The van der Waals surface area contributed by atoms with E-state index >= 15 is 0 Å². The Bertz CT molecular complexity index is 3140. The molecular formula is C67H81Cl2N3O15. The minimum Gasteiger partial charge on any atom is -0.477 e. The molecule has 87 heavy (non-hydrogen) atoms. The highest BCUT2D eigenvalue weighted by Crippen LogP contribution is 2.25. The van der Waals surface area contributed by atoms with Crippen LogP contribution in [-0.4, -0.2) is 121 Å². The van der Waals surface area contributed by atoms with Crippen molar-refractivity contribution in [3.8, 4) is 23.0 Å². The Labute approximate surface area is 520 Å². The molecule has 18 nitrogen and oxygen atoms in total. The van der Waals surface area contributed by atoms with Crippen molar-refractivity contribution < 1.29 is 71.8 Å². The van der Waals surface area contributed by atoms with Gasteiger partial charge >= 0.3 is 17.9 Å². The number of aromatic nitrogens is 2. The summed E-state index contributed by atoms with van der Waals surface area (Å²) in [5, 5.41) is 10.4. The lowest BCUT2D eigenvalue weighted by molar-refractivity contribution is -0.157. The standard InChI is InChI=1S/C34H40ClNO7.C22H18ClNO4.C11H23NO4/c1-24-20-26(9-12-30(24)35)22-27(37)21-25-7-10-28(11-8-25)42-29-13-15-36-31(23-29)32(38)6-5-16-40-18-19-41-17-14-33(39)43-34(2,3)4;1-14-10-16(4-7-20(14)23)12-17(25)11-15-2-5-18(6-3-15)28-19-8-9-24-21(13-19)22(26)27;1-11(2,3)16-10(13)4-6-14-8-9-15-7-5-12/h7-13,15,20,23H,5-6,14,16-19,21-22H2,1-4H3;2-10,13H,11-12H2,1H3,(H,26,27);4-9,12H2,1-3H3. The predicted octanol–water partition coefficient (Wildman–Crippen LogP) is 12.5. The van der Waals surface area contributed by atoms with Crippen molar-refractivity contribution in [2.75, 3.05) is 59.4 Å². The highest BCUT2D eigenvalue weighted by atomic mass is 35.5. The lowest BCUT2D eigenvalue weighted by Crippen LogP contribution is -2.24. The first-order chi connectivity index (χ1) is 41.3. The Kier molecular flexibility index (Phi) is 31.5. The minimum atomic E-state index is -1.12. The van der Waals surface area contributed by atoms with E-state index in [2.05, 4.69) is 9.97 Å². The summed E-state index contributed by atoms with van der Waals surface area (Å²) in [5.41, 5.74) is 10.1. The maximum atomic E-state index is 12.6. The summed E-state index contributed by atoms with van der Waals surface area (Å²) in [6.07, 6.45) is 5.56. The quantitative estimate of drug-likeness (QED) is 0.0226. The van der Waals surface area contributed by atoms with Gasteiger partial charge < -0.3 is 48.7 Å². The lowest BCUT2D eigenvalue weighted by atomic mass is 10.0. The predicted molar refractivity (Wildman–Crippen MR) is 332 cm³/mol. The first-order valence-corrected chi connectivity index (χ1v) is 29.3. The van der Waals surface area contributed by atoms with Gasteiger partial charge in [0.25, 0.3) is 0 Å². The average molecular weight is 1240 g/mol. The Morgan fingerprint density at radius 2 is 0.839 bits per heavy atom. The maximum absolute atomic E-state index is 12.6. The number of pyridine rings is 2. The molecule has 2 heterocycles. The molecule has 4 aromatic carbocycles. The third-order valence-corrected chi connectivity index (χ3v) is 12.6. The number of nitrogens with two attached hydrogens (primary N) is 1. The zero-order chi connectivity index (χ0) is 63.8. The number of carbonyl (C=O) groups excluding carboxylic acids is 5. The van der Waals surface area contributed by atoms with Crippen LogP contribution >= 0.6 is 23.2 Å². The number of benzene rings is 4. The molecule has 0 amide bonds. The van der Waals surface area contributed by atoms with E-state index < -0.39 is 17.2 Å². The second-order valence-corrected chi connectivity index (χ2v) is 22.8. The van der Waals surface area contributed by atoms with Crippen LogP contribution in [0, 0.1) is 13.8 Å². The third-order valence-electron chi connectivity index (χ3n) is 11.8. The van der Waals surface area contributed by atoms with Crippen LogP contribution in [0.5, 0.6) is 23.0 Å². The van der Waals surface area contributed by atoms with E-state index in [4.69, 9.17) is 71.9 Å². The van der Waals surface area contributed by atoms with Crippen molar-refractivity contribution in [3.63, 3.8) is 0 Å². The number of hydrogen-bond donors (Lipinski definition) is 2. The molecule has 0 aliphatic heterocycles. The molecule has 0 fully saturated rings. The molecule has 2 aromatic heterocycles. The fourth-order valence-electron chi connectivity index (χ4n) is 7.80. The number of carboxylic acid groups (broad SMARTS) is 1. The van der Waals surface area contributed by atoms with Crippen LogP contribution in [-0.2, 0) is 73.3 Å². The first-order valence-electron chi connectivity index (χ1n) is 28.5. The number of aryl methyl sites for hydroxylation is 2. The van der Waals surface area contributed by atoms with Gasteiger partial charge in [0.15, 0.2) is 11.5 Å². The van der Waals surface area contributed by atoms with Gasteiger partial charge in [-0.3, -0.25) is 29.0 Å². The summed E-state index contributed by atoms with van der Waals surface area (Å²) in [4.78, 5) is 79.3. The second-order valence-electron chi connectivity index (χ2n) is 21.9. The van der Waals surface area contributed by atoms with Crippen molar-refractivity contribution in [1.82, 2.24) is 9.97 Å². The molecule has 3 N–H and O–H groups in total. The van der Waals surface area contributed by atoms with E-state index in [0.717, 1.165) is 33.4 Å². The van der Waals surface area contributed by atoms with Crippen molar-refractivity contribution >= 4 is 58.5 Å². The van der Waals surface area contributed by atoms with Crippen LogP contribution < -0.4 is 15.2 Å². The number of esters is 2. The normalized spacial score (nSPS) is 11.1. The van der Waals surface area contributed by atoms with Gasteiger partial charge in [-0.25, -0.2) is 9.78 Å². The van der Waals surface area contributed by atoms with Gasteiger partial charge in [-0.05, 0) is 144 Å². The van der Waals surface area contributed by atoms with E-state index in [1.807, 2.05) is 110 Å². The van der Waals surface area contributed by atoms with E-state index in [0.29, 0.717) is 124 Å². The maximum Gasteiger partial charge on any atom is 0.354 e. The summed E-state index contributed by atoms with van der Waals surface area (Å²) >= 11 is 12.1. The van der Waals surface area contributed by atoms with Crippen molar-refractivity contribution in [1.29, 1.82) is 0 Å². The molecule has 20 heteroatoms. The largest absolute Gasteiger partial charge is 0.477 e. The number of carbonyl (C=O) groups is 6. The van der Waals surface area contributed by atoms with Crippen LogP contribution in [0.1, 0.15) is 122 Å². The SMILES string of the molecule is CC(C)(C)OC(=O)CCOCCOCCN.Cc1cc(CC(=O)Cc2ccc(Oc3ccnc(C(=O)CCCOCCOCCC(=O)OC(C)(C)C)c3)cc2)ccc1Cl.Cc1cc(CC(=O)Cc2ccc(Oc3ccnc(C(=O)O)c3)cc2)ccc1Cl. The molecule has 0 unspecified atom stereocenters. The van der Waals surface area contributed by atoms with E-state index in [1.54, 1.807) is 54.7 Å². The highest BCUT2D eigenvalue weighted by molar-refractivity contribution is 6.31. The average Bonchev–Trinajstić information content (AvgIpc) is 3.56. The van der Waals surface area contributed by atoms with Gasteiger partial charge in [0.05, 0.1) is 59.1 Å². The van der Waals surface area contributed by atoms with E-state index in [-0.39, 0.29) is 60.9 Å². The molecular weight excluding hydrogens is 1160 g/mol. The Balaban J connectivity index is 0.000000314. The summed E-state index contributed by atoms with van der Waals surface area (Å²) in [7, 11) is 0. The smallest absolute Gasteiger partial charge is 0.354 e. The Hall–Kier alpha value is -7.42. The summed E-state index contributed by atoms with van der Waals surface area (Å²) in [5.74, 6) is 0.491. The summed E-state index contributed by atoms with van der Waals surface area (Å²) in [6.45, 7) is 18.6. The number of carboxylic acids is 1. The molecule has 0 atom stereocenters. The number of ketones is 3. The summed E-state index contributed by atoms with van der Waals surface area (Å²) < 4.78 is 43.1. The molecule has 0 aliphatic carbocycles. The molecule has 0 bridgehead atoms. The number of nitrogens with zero attached hydrogens (tertiary/aromatic N) is 2. The van der Waals surface area contributed by atoms with Crippen LogP contribution in [0.25, 0.3) is 0 Å². The fraction of sp³-hybridized carbons (Fsp3) is 0.403. The fourth-order valence-corrected chi connectivity index (χ4v) is 8.03. The van der Waals surface area contributed by atoms with Gasteiger partial charge in [-0.15, -0.1) is 0 Å². The van der Waals surface area contributed by atoms with E-state index in [9.17, 15) is 28.8 Å². The first kappa shape index (κ1) is 72.1. The lowest BCUT2D eigenvalue weighted by Gasteiger charge is -2.19. The van der Waals surface area contributed by atoms with Gasteiger partial charge in [-0.2, -0.15) is 0 Å². The zero-order valence-electron chi connectivity index (χ0n) is 51.0. The number of aromatic carboxylic acids is 1. The third kappa shape index (κ3) is 31.2. The second kappa shape index (κ2) is 38.0. The van der Waals surface area contributed by atoms with Crippen molar-refractivity contribution in [2.45, 2.75) is 118 Å². The number of Topliss-reactive ketones (excluding diaryl/α,β-unsaturated/α-hetero) is 3. The Morgan fingerprint density at radius 1 is 0.460 bits per heavy atom.